The Morgan fingerprint density at radius 2 is 1.28 bits per heavy atom. The summed E-state index contributed by atoms with van der Waals surface area (Å²) in [5.74, 6) is 0. The fourth-order valence-corrected chi connectivity index (χ4v) is 3.26. The molecular weight excluding hydrogens is 314 g/mol. The number of aliphatic hydroxyl groups is 2. The number of hydrogen-bond acceptors (Lipinski definition) is 4. The average molecular weight is 360 g/mol. The summed E-state index contributed by atoms with van der Waals surface area (Å²) in [4.78, 5) is 0. The highest BCUT2D eigenvalue weighted by atomic mass is 16.5. The lowest BCUT2D eigenvalue weighted by atomic mass is 10.1. The molecule has 25 heavy (non-hydrogen) atoms. The smallest absolute Gasteiger partial charge is 0.0747 e. The Kier molecular flexibility index (Phi) is 20.0. The fourth-order valence-electron chi connectivity index (χ4n) is 3.26. The van der Waals surface area contributed by atoms with Crippen LogP contribution in [0.25, 0.3) is 0 Å². The molecule has 0 aromatic rings. The van der Waals surface area contributed by atoms with Gasteiger partial charge < -0.3 is 20.3 Å². The Bertz CT molecular complexity index is 251. The van der Waals surface area contributed by atoms with Crippen LogP contribution in [0, 0.1) is 0 Å². The summed E-state index contributed by atoms with van der Waals surface area (Å²) in [7, 11) is 0. The number of aliphatic hydroxyl groups excluding tert-OH is 2. The van der Waals surface area contributed by atoms with E-state index in [1.807, 2.05) is 0 Å². The van der Waals surface area contributed by atoms with Crippen molar-refractivity contribution in [3.05, 3.63) is 0 Å². The van der Waals surface area contributed by atoms with Gasteiger partial charge in [0.05, 0.1) is 25.4 Å². The summed E-state index contributed by atoms with van der Waals surface area (Å²) in [5.41, 5.74) is 0. The first-order valence-electron chi connectivity index (χ1n) is 10.9. The second kappa shape index (κ2) is 20.2. The van der Waals surface area contributed by atoms with Crippen LogP contribution in [-0.2, 0) is 4.74 Å². The predicted octanol–water partition coefficient (Wildman–Crippen LogP) is 4.43. The molecule has 0 aromatic heterocycles. The molecule has 0 heterocycles. The second-order valence-corrected chi connectivity index (χ2v) is 7.17. The summed E-state index contributed by atoms with van der Waals surface area (Å²) in [6.07, 6.45) is 17.1. The van der Waals surface area contributed by atoms with Crippen LogP contribution in [0.2, 0.25) is 0 Å². The predicted molar refractivity (Wildman–Crippen MR) is 107 cm³/mol. The number of unbranched alkanes of at least 4 members (excludes halogenated alkanes) is 11. The first-order chi connectivity index (χ1) is 12.3. The van der Waals surface area contributed by atoms with Gasteiger partial charge in [0.1, 0.15) is 0 Å². The molecule has 0 aliphatic heterocycles. The van der Waals surface area contributed by atoms with E-state index in [4.69, 9.17) is 9.84 Å². The number of ether oxygens (including phenoxy) is 1. The molecule has 152 valence electrons. The lowest BCUT2D eigenvalue weighted by Gasteiger charge is -2.25. The van der Waals surface area contributed by atoms with Gasteiger partial charge in [0.2, 0.25) is 0 Å². The minimum Gasteiger partial charge on any atom is -0.395 e. The van der Waals surface area contributed by atoms with Crippen molar-refractivity contribution in [1.82, 2.24) is 5.32 Å². The topological polar surface area (TPSA) is 61.7 Å². The minimum atomic E-state index is -0.0746. The van der Waals surface area contributed by atoms with E-state index >= 15 is 0 Å². The molecule has 0 fully saturated rings. The van der Waals surface area contributed by atoms with E-state index in [1.54, 1.807) is 0 Å². The first kappa shape index (κ1) is 24.8. The maximum Gasteiger partial charge on any atom is 0.0747 e. The molecule has 0 amide bonds. The van der Waals surface area contributed by atoms with Crippen molar-refractivity contribution in [2.75, 3.05) is 26.4 Å². The van der Waals surface area contributed by atoms with Crippen LogP contribution in [0.5, 0.6) is 0 Å². The summed E-state index contributed by atoms with van der Waals surface area (Å²) in [5, 5.41) is 21.5. The Labute approximate surface area is 156 Å². The standard InChI is InChI=1S/C21H45NO3/c1-3-5-6-7-8-9-10-11-12-13-14-15-18-25-21(4-2)20(19-24)22-16-17-23/h20-24H,3-19H2,1-2H3. The van der Waals surface area contributed by atoms with Gasteiger partial charge in [-0.05, 0) is 12.8 Å². The van der Waals surface area contributed by atoms with Crippen molar-refractivity contribution < 1.29 is 14.9 Å². The summed E-state index contributed by atoms with van der Waals surface area (Å²) in [6.45, 7) is 5.77. The molecule has 0 aliphatic carbocycles. The van der Waals surface area contributed by atoms with E-state index in [-0.39, 0.29) is 25.4 Å². The molecule has 4 nitrogen and oxygen atoms in total. The number of hydrogen-bond donors (Lipinski definition) is 3. The van der Waals surface area contributed by atoms with Gasteiger partial charge in [0, 0.05) is 13.2 Å². The second-order valence-electron chi connectivity index (χ2n) is 7.17. The highest BCUT2D eigenvalue weighted by molar-refractivity contribution is 4.75. The van der Waals surface area contributed by atoms with Gasteiger partial charge >= 0.3 is 0 Å². The molecule has 0 bridgehead atoms. The largest absolute Gasteiger partial charge is 0.395 e. The monoisotopic (exact) mass is 359 g/mol. The van der Waals surface area contributed by atoms with Crippen LogP contribution in [-0.4, -0.2) is 48.7 Å². The summed E-state index contributed by atoms with van der Waals surface area (Å²) in [6, 6.07) is -0.0746. The highest BCUT2D eigenvalue weighted by Gasteiger charge is 2.18. The van der Waals surface area contributed by atoms with E-state index in [0.29, 0.717) is 6.54 Å². The third kappa shape index (κ3) is 15.8. The molecular formula is C21H45NO3. The van der Waals surface area contributed by atoms with Gasteiger partial charge in [-0.1, -0.05) is 84.5 Å². The molecule has 0 aromatic carbocycles. The summed E-state index contributed by atoms with van der Waals surface area (Å²) < 4.78 is 5.93. The Hall–Kier alpha value is -0.160. The van der Waals surface area contributed by atoms with Crippen molar-refractivity contribution in [3.63, 3.8) is 0 Å². The first-order valence-corrected chi connectivity index (χ1v) is 10.9. The van der Waals surface area contributed by atoms with E-state index in [1.165, 1.54) is 70.6 Å². The molecule has 2 unspecified atom stereocenters. The van der Waals surface area contributed by atoms with Gasteiger partial charge in [-0.3, -0.25) is 0 Å². The molecule has 0 saturated carbocycles. The zero-order valence-electron chi connectivity index (χ0n) is 17.0. The lowest BCUT2D eigenvalue weighted by Crippen LogP contribution is -2.45. The maximum absolute atomic E-state index is 9.43. The van der Waals surface area contributed by atoms with Crippen LogP contribution in [0.3, 0.4) is 0 Å². The van der Waals surface area contributed by atoms with Gasteiger partial charge in [-0.25, -0.2) is 0 Å². The SMILES string of the molecule is CCCCCCCCCCCCCCOC(CC)C(CO)NCCO. The zero-order chi connectivity index (χ0) is 18.6. The zero-order valence-corrected chi connectivity index (χ0v) is 17.0. The van der Waals surface area contributed by atoms with E-state index < -0.39 is 0 Å². The highest BCUT2D eigenvalue weighted by Crippen LogP contribution is 2.12. The fraction of sp³-hybridized carbons (Fsp3) is 1.00. The third-order valence-electron chi connectivity index (χ3n) is 4.90. The normalized spacial score (nSPS) is 13.9. The average Bonchev–Trinajstić information content (AvgIpc) is 2.64. The van der Waals surface area contributed by atoms with Gasteiger partial charge in [0.25, 0.3) is 0 Å². The van der Waals surface area contributed by atoms with Crippen molar-refractivity contribution in [2.24, 2.45) is 0 Å². The maximum atomic E-state index is 9.43. The Morgan fingerprint density at radius 1 is 0.760 bits per heavy atom. The lowest BCUT2D eigenvalue weighted by molar-refractivity contribution is 0.00577. The molecule has 0 spiro atoms. The molecule has 4 heteroatoms. The van der Waals surface area contributed by atoms with Crippen molar-refractivity contribution >= 4 is 0 Å². The molecule has 0 aliphatic rings. The van der Waals surface area contributed by atoms with E-state index in [2.05, 4.69) is 19.2 Å². The Morgan fingerprint density at radius 3 is 1.72 bits per heavy atom. The molecule has 3 N–H and O–H groups in total. The van der Waals surface area contributed by atoms with E-state index in [9.17, 15) is 5.11 Å². The van der Waals surface area contributed by atoms with Crippen LogP contribution in [0.1, 0.15) is 97.3 Å². The van der Waals surface area contributed by atoms with Crippen LogP contribution in [0.15, 0.2) is 0 Å². The van der Waals surface area contributed by atoms with Crippen molar-refractivity contribution in [1.29, 1.82) is 0 Å². The molecule has 0 rings (SSSR count). The van der Waals surface area contributed by atoms with Crippen LogP contribution >= 0.6 is 0 Å². The van der Waals surface area contributed by atoms with Gasteiger partial charge in [-0.2, -0.15) is 0 Å². The molecule has 2 atom stereocenters. The quantitative estimate of drug-likeness (QED) is 0.282. The van der Waals surface area contributed by atoms with Gasteiger partial charge in [0.15, 0.2) is 0 Å². The molecule has 0 radical (unpaired) electrons. The molecule has 0 saturated heterocycles. The Balaban J connectivity index is 3.43. The van der Waals surface area contributed by atoms with Gasteiger partial charge in [-0.15, -0.1) is 0 Å². The van der Waals surface area contributed by atoms with Crippen molar-refractivity contribution in [3.8, 4) is 0 Å². The van der Waals surface area contributed by atoms with Crippen LogP contribution < -0.4 is 5.32 Å². The minimum absolute atomic E-state index is 0.0317. The summed E-state index contributed by atoms with van der Waals surface area (Å²) >= 11 is 0. The number of nitrogens with one attached hydrogen (secondary N) is 1. The van der Waals surface area contributed by atoms with Crippen molar-refractivity contribution in [2.45, 2.75) is 109 Å². The van der Waals surface area contributed by atoms with Crippen LogP contribution in [0.4, 0.5) is 0 Å². The van der Waals surface area contributed by atoms with E-state index in [0.717, 1.165) is 19.4 Å². The number of rotatable bonds is 20. The third-order valence-corrected chi connectivity index (χ3v) is 4.90.